The third-order valence-electron chi connectivity index (χ3n) is 3.24. The van der Waals surface area contributed by atoms with E-state index in [1.54, 1.807) is 0 Å². The minimum Gasteiger partial charge on any atom is -0.480 e. The zero-order chi connectivity index (χ0) is 19.8. The largest absolute Gasteiger partial charge is 0.480 e. The maximum Gasteiger partial charge on any atom is 0.338 e. The van der Waals surface area contributed by atoms with E-state index < -0.39 is 36.5 Å². The van der Waals surface area contributed by atoms with E-state index in [0.29, 0.717) is 12.8 Å². The van der Waals surface area contributed by atoms with Gasteiger partial charge >= 0.3 is 17.9 Å². The molecule has 0 unspecified atom stereocenters. The van der Waals surface area contributed by atoms with Gasteiger partial charge in [-0.05, 0) is 11.8 Å². The number of hydrogen-bond donors (Lipinski definition) is 4. The number of alkyl halides is 1. The first-order valence-corrected chi connectivity index (χ1v) is 7.45. The van der Waals surface area contributed by atoms with Gasteiger partial charge in [0.2, 0.25) is 0 Å². The van der Waals surface area contributed by atoms with Gasteiger partial charge in [0.05, 0.1) is 0 Å². The summed E-state index contributed by atoms with van der Waals surface area (Å²) < 4.78 is 12.2. The molecule has 25 heavy (non-hydrogen) atoms. The number of Topliss-reactive ketones (excluding diaryl/α,β-unsaturated/α-hetero) is 1. The number of hydrogen-bond acceptors (Lipinski definition) is 6. The van der Waals surface area contributed by atoms with Gasteiger partial charge in [0.25, 0.3) is 0 Å². The second kappa shape index (κ2) is 9.82. The van der Waals surface area contributed by atoms with Crippen LogP contribution in [0.15, 0.2) is 4.99 Å². The quantitative estimate of drug-likeness (QED) is 0.530. The highest BCUT2D eigenvalue weighted by molar-refractivity contribution is 6.05. The molecule has 0 amide bonds. The topological polar surface area (TPSA) is 167 Å². The van der Waals surface area contributed by atoms with Gasteiger partial charge in [-0.25, -0.2) is 9.18 Å². The van der Waals surface area contributed by atoms with E-state index in [-0.39, 0.29) is 17.7 Å². The molecule has 10 heteroatoms. The van der Waals surface area contributed by atoms with Crippen LogP contribution in [0.2, 0.25) is 0 Å². The van der Waals surface area contributed by atoms with Gasteiger partial charge in [0.15, 0.2) is 6.17 Å². The molecule has 0 aromatic rings. The fourth-order valence-electron chi connectivity index (χ4n) is 2.22. The first-order valence-electron chi connectivity index (χ1n) is 7.45. The smallest absolute Gasteiger partial charge is 0.338 e. The summed E-state index contributed by atoms with van der Waals surface area (Å²) in [6.45, 7) is 3.78. The number of halogens is 1. The fraction of sp³-hybridized carbons (Fsp3) is 0.667. The highest BCUT2D eigenvalue weighted by Crippen LogP contribution is 2.31. The highest BCUT2D eigenvalue weighted by atomic mass is 19.1. The summed E-state index contributed by atoms with van der Waals surface area (Å²) >= 11 is 0. The van der Waals surface area contributed by atoms with Crippen molar-refractivity contribution >= 4 is 29.4 Å². The van der Waals surface area contributed by atoms with Gasteiger partial charge in [-0.2, -0.15) is 0 Å². The Morgan fingerprint density at radius 2 is 1.76 bits per heavy atom. The lowest BCUT2D eigenvalue weighted by atomic mass is 9.76. The van der Waals surface area contributed by atoms with Crippen LogP contribution in [-0.2, 0) is 19.2 Å². The van der Waals surface area contributed by atoms with Gasteiger partial charge < -0.3 is 21.1 Å². The molecule has 1 rings (SSSR count). The fourth-order valence-corrected chi connectivity index (χ4v) is 2.22. The number of aliphatic carboxylic acids is 3. The van der Waals surface area contributed by atoms with Crippen molar-refractivity contribution in [3.8, 4) is 0 Å². The number of nitrogens with two attached hydrogens (primary N) is 1. The van der Waals surface area contributed by atoms with Crippen LogP contribution >= 0.6 is 0 Å². The van der Waals surface area contributed by atoms with Gasteiger partial charge in [-0.15, -0.1) is 0 Å². The minimum absolute atomic E-state index is 0.0628. The summed E-state index contributed by atoms with van der Waals surface area (Å²) in [4.78, 5) is 45.3. The predicted molar refractivity (Wildman–Crippen MR) is 85.3 cm³/mol. The molecule has 0 aromatic carbocycles. The maximum absolute atomic E-state index is 12.2. The van der Waals surface area contributed by atoms with Crippen molar-refractivity contribution in [2.75, 3.05) is 6.54 Å². The lowest BCUT2D eigenvalue weighted by molar-refractivity contribution is -0.144. The molecule has 1 fully saturated rings. The zero-order valence-electron chi connectivity index (χ0n) is 14.1. The van der Waals surface area contributed by atoms with E-state index in [1.165, 1.54) is 0 Å². The van der Waals surface area contributed by atoms with Crippen molar-refractivity contribution < 1.29 is 38.9 Å². The van der Waals surface area contributed by atoms with E-state index in [4.69, 9.17) is 21.1 Å². The SMILES string of the molecule is CC1(C)CC(=O)C/C(=N/CC(=O)O)C1.N[C@H](C[C@H](F)C(=O)O)C(=O)O. The summed E-state index contributed by atoms with van der Waals surface area (Å²) in [5.74, 6) is -3.89. The molecular weight excluding hydrogens is 339 g/mol. The van der Waals surface area contributed by atoms with Crippen LogP contribution in [0, 0.1) is 5.41 Å². The van der Waals surface area contributed by atoms with Gasteiger partial charge in [0.1, 0.15) is 18.4 Å². The lowest BCUT2D eigenvalue weighted by Crippen LogP contribution is -2.35. The molecule has 1 saturated carbocycles. The molecule has 0 aliphatic heterocycles. The third-order valence-corrected chi connectivity index (χ3v) is 3.24. The van der Waals surface area contributed by atoms with Crippen molar-refractivity contribution in [1.82, 2.24) is 0 Å². The van der Waals surface area contributed by atoms with Crippen LogP contribution in [0.1, 0.15) is 39.5 Å². The Bertz CT molecular complexity index is 542. The number of ketones is 1. The first-order chi connectivity index (χ1) is 11.3. The molecule has 1 aliphatic rings. The Morgan fingerprint density at radius 3 is 2.16 bits per heavy atom. The molecule has 0 bridgehead atoms. The van der Waals surface area contributed by atoms with Crippen LogP contribution in [0.4, 0.5) is 4.39 Å². The number of carbonyl (C=O) groups is 4. The Kier molecular flexibility index (Phi) is 8.89. The molecule has 0 saturated heterocycles. The second-order valence-corrected chi connectivity index (χ2v) is 6.50. The number of aliphatic imine (C=N–C) groups is 1. The maximum atomic E-state index is 12.2. The molecule has 5 N–H and O–H groups in total. The number of rotatable bonds is 6. The summed E-state index contributed by atoms with van der Waals surface area (Å²) in [7, 11) is 0. The van der Waals surface area contributed by atoms with Crippen LogP contribution in [0.25, 0.3) is 0 Å². The normalized spacial score (nSPS) is 20.2. The molecule has 0 radical (unpaired) electrons. The minimum atomic E-state index is -2.21. The predicted octanol–water partition coefficient (Wildman–Crippen LogP) is 0.502. The van der Waals surface area contributed by atoms with Crippen LogP contribution in [0.5, 0.6) is 0 Å². The number of carbonyl (C=O) groups excluding carboxylic acids is 1. The van der Waals surface area contributed by atoms with E-state index in [1.807, 2.05) is 13.8 Å². The summed E-state index contributed by atoms with van der Waals surface area (Å²) in [5.41, 5.74) is 5.52. The molecular formula is C15H23FN2O7. The van der Waals surface area contributed by atoms with Gasteiger partial charge in [-0.1, -0.05) is 13.8 Å². The highest BCUT2D eigenvalue weighted by Gasteiger charge is 2.30. The number of nitrogens with zero attached hydrogens (tertiary/aromatic N) is 1. The summed E-state index contributed by atoms with van der Waals surface area (Å²) in [5, 5.41) is 24.6. The molecule has 1 aliphatic carbocycles. The Hall–Kier alpha value is -2.36. The summed E-state index contributed by atoms with van der Waals surface area (Å²) in [6.07, 6.45) is -1.28. The first kappa shape index (κ1) is 22.6. The average molecular weight is 362 g/mol. The van der Waals surface area contributed by atoms with Crippen molar-refractivity contribution in [2.45, 2.75) is 51.7 Å². The third kappa shape index (κ3) is 10.2. The van der Waals surface area contributed by atoms with Crippen LogP contribution in [-0.4, -0.2) is 63.5 Å². The van der Waals surface area contributed by atoms with E-state index in [9.17, 15) is 23.6 Å². The average Bonchev–Trinajstić information content (AvgIpc) is 2.43. The second-order valence-electron chi connectivity index (χ2n) is 6.50. The van der Waals surface area contributed by atoms with E-state index in [0.717, 1.165) is 12.1 Å². The molecule has 9 nitrogen and oxygen atoms in total. The number of carboxylic acids is 3. The Balaban J connectivity index is 0.000000477. The van der Waals surface area contributed by atoms with Gasteiger partial charge in [0, 0.05) is 25.0 Å². The molecule has 0 aromatic heterocycles. The van der Waals surface area contributed by atoms with E-state index in [2.05, 4.69) is 4.99 Å². The standard InChI is InChI=1S/C10H15NO3.C5H8FNO4/c1-10(2)4-7(3-8(12)5-10)11-6-9(13)14;6-2(4(8)9)1-3(7)5(10)11/h3-6H2,1-2H3,(H,13,14);2-3H,1,7H2,(H,8,9)(H,10,11)/b11-7-;/t;2-,3+/m.0/s1. The molecule has 2 atom stereocenters. The Morgan fingerprint density at radius 1 is 1.20 bits per heavy atom. The van der Waals surface area contributed by atoms with Crippen molar-refractivity contribution in [1.29, 1.82) is 0 Å². The van der Waals surface area contributed by atoms with Crippen molar-refractivity contribution in [2.24, 2.45) is 16.1 Å². The number of carboxylic acid groups (broad SMARTS) is 3. The molecule has 0 heterocycles. The van der Waals surface area contributed by atoms with Gasteiger partial charge in [-0.3, -0.25) is 19.4 Å². The summed E-state index contributed by atoms with van der Waals surface area (Å²) in [6, 6.07) is -1.46. The van der Waals surface area contributed by atoms with Crippen molar-refractivity contribution in [3.63, 3.8) is 0 Å². The molecule has 0 spiro atoms. The lowest BCUT2D eigenvalue weighted by Gasteiger charge is -2.29. The Labute approximate surface area is 143 Å². The van der Waals surface area contributed by atoms with E-state index >= 15 is 0 Å². The monoisotopic (exact) mass is 362 g/mol. The van der Waals surface area contributed by atoms with Crippen LogP contribution < -0.4 is 5.73 Å². The molecule has 142 valence electrons. The van der Waals surface area contributed by atoms with Crippen LogP contribution in [0.3, 0.4) is 0 Å². The van der Waals surface area contributed by atoms with Crippen molar-refractivity contribution in [3.05, 3.63) is 0 Å². The zero-order valence-corrected chi connectivity index (χ0v) is 14.1.